The maximum absolute atomic E-state index is 10.5. The number of aromatic nitrogens is 2. The predicted octanol–water partition coefficient (Wildman–Crippen LogP) is 3.39. The van der Waals surface area contributed by atoms with E-state index in [9.17, 15) is 5.11 Å². The predicted molar refractivity (Wildman–Crippen MR) is 85.6 cm³/mol. The van der Waals surface area contributed by atoms with Crippen molar-refractivity contribution in [3.05, 3.63) is 11.4 Å². The standard InChI is InChI=1S/C19H28N2O2/c1-18-8-7-14-12(13(18)5-6-17(18)22)4-3-11-9-15-16(21-23-20-15)10-19(11,14)2/h11-14,17,22H,3-10H2,1-2H3/t11-,12?,13?,14?,17?,18?,19?/m0/s1. The van der Waals surface area contributed by atoms with Gasteiger partial charge in [-0.15, -0.1) is 0 Å². The number of nitrogens with zero attached hydrogens (tertiary/aromatic N) is 2. The van der Waals surface area contributed by atoms with Gasteiger partial charge in [-0.05, 0) is 79.4 Å². The van der Waals surface area contributed by atoms with Crippen LogP contribution in [0.25, 0.3) is 0 Å². The van der Waals surface area contributed by atoms with Crippen molar-refractivity contribution >= 4 is 0 Å². The van der Waals surface area contributed by atoms with Crippen LogP contribution < -0.4 is 0 Å². The molecule has 3 saturated carbocycles. The van der Waals surface area contributed by atoms with Gasteiger partial charge in [0.1, 0.15) is 11.4 Å². The van der Waals surface area contributed by atoms with Crippen LogP contribution in [-0.4, -0.2) is 21.5 Å². The van der Waals surface area contributed by atoms with E-state index in [2.05, 4.69) is 24.2 Å². The van der Waals surface area contributed by atoms with Crippen molar-refractivity contribution in [2.24, 2.45) is 34.5 Å². The number of rotatable bonds is 0. The van der Waals surface area contributed by atoms with Crippen molar-refractivity contribution in [3.63, 3.8) is 0 Å². The van der Waals surface area contributed by atoms with Crippen LogP contribution in [0.4, 0.5) is 0 Å². The Balaban J connectivity index is 1.50. The second-order valence-corrected chi connectivity index (χ2v) is 9.33. The summed E-state index contributed by atoms with van der Waals surface area (Å²) in [5, 5.41) is 18.9. The van der Waals surface area contributed by atoms with Gasteiger partial charge >= 0.3 is 0 Å². The second kappa shape index (κ2) is 4.59. The van der Waals surface area contributed by atoms with E-state index in [1.54, 1.807) is 0 Å². The number of hydrogen-bond acceptors (Lipinski definition) is 4. The number of aliphatic hydroxyl groups is 1. The van der Waals surface area contributed by atoms with E-state index < -0.39 is 0 Å². The van der Waals surface area contributed by atoms with Crippen LogP contribution in [0, 0.1) is 34.5 Å². The Morgan fingerprint density at radius 1 is 0.957 bits per heavy atom. The first-order valence-electron chi connectivity index (χ1n) is 9.51. The van der Waals surface area contributed by atoms with E-state index in [1.165, 1.54) is 32.1 Å². The molecule has 6 unspecified atom stereocenters. The molecule has 4 nitrogen and oxygen atoms in total. The maximum atomic E-state index is 10.5. The third kappa shape index (κ3) is 1.76. The monoisotopic (exact) mass is 316 g/mol. The first-order chi connectivity index (χ1) is 11.0. The molecule has 0 radical (unpaired) electrons. The van der Waals surface area contributed by atoms with Crippen LogP contribution in [0.2, 0.25) is 0 Å². The minimum absolute atomic E-state index is 0.0725. The van der Waals surface area contributed by atoms with E-state index in [-0.39, 0.29) is 11.5 Å². The molecule has 4 aliphatic rings. The molecule has 0 aromatic carbocycles. The molecule has 0 saturated heterocycles. The summed E-state index contributed by atoms with van der Waals surface area (Å²) < 4.78 is 5.02. The fourth-order valence-corrected chi connectivity index (χ4v) is 7.23. The van der Waals surface area contributed by atoms with E-state index in [4.69, 9.17) is 4.63 Å². The summed E-state index contributed by atoms with van der Waals surface area (Å²) in [4.78, 5) is 0. The molecule has 1 aromatic rings. The third-order valence-corrected chi connectivity index (χ3v) is 8.64. The van der Waals surface area contributed by atoms with Crippen molar-refractivity contribution in [1.82, 2.24) is 10.3 Å². The van der Waals surface area contributed by atoms with Gasteiger partial charge in [0.25, 0.3) is 0 Å². The molecule has 126 valence electrons. The Labute approximate surface area is 138 Å². The molecule has 23 heavy (non-hydrogen) atoms. The van der Waals surface area contributed by atoms with E-state index in [1.807, 2.05) is 0 Å². The molecular formula is C19H28N2O2. The molecule has 0 amide bonds. The fourth-order valence-electron chi connectivity index (χ4n) is 7.23. The van der Waals surface area contributed by atoms with Crippen molar-refractivity contribution in [3.8, 4) is 0 Å². The van der Waals surface area contributed by atoms with Gasteiger partial charge in [-0.2, -0.15) is 0 Å². The fraction of sp³-hybridized carbons (Fsp3) is 0.895. The zero-order valence-corrected chi connectivity index (χ0v) is 14.3. The maximum Gasteiger partial charge on any atom is 0.108 e. The highest BCUT2D eigenvalue weighted by atomic mass is 16.6. The Bertz CT molecular complexity index is 629. The molecule has 5 rings (SSSR count). The lowest BCUT2D eigenvalue weighted by Gasteiger charge is -2.59. The van der Waals surface area contributed by atoms with E-state index in [0.29, 0.717) is 5.41 Å². The van der Waals surface area contributed by atoms with Gasteiger partial charge in [-0.25, -0.2) is 4.63 Å². The molecule has 0 aliphatic heterocycles. The molecule has 1 aromatic heterocycles. The first-order valence-corrected chi connectivity index (χ1v) is 9.51. The van der Waals surface area contributed by atoms with Crippen molar-refractivity contribution in [2.45, 2.75) is 71.3 Å². The molecular weight excluding hydrogens is 288 g/mol. The van der Waals surface area contributed by atoms with E-state index in [0.717, 1.165) is 54.3 Å². The largest absolute Gasteiger partial charge is 0.393 e. The summed E-state index contributed by atoms with van der Waals surface area (Å²) in [6, 6.07) is 0. The van der Waals surface area contributed by atoms with Crippen LogP contribution in [0.1, 0.15) is 63.8 Å². The molecule has 0 bridgehead atoms. The first kappa shape index (κ1) is 14.4. The summed E-state index contributed by atoms with van der Waals surface area (Å²) >= 11 is 0. The van der Waals surface area contributed by atoms with Gasteiger partial charge in [-0.3, -0.25) is 0 Å². The number of hydrogen-bond donors (Lipinski definition) is 1. The van der Waals surface area contributed by atoms with Crippen LogP contribution in [-0.2, 0) is 12.8 Å². The highest BCUT2D eigenvalue weighted by Gasteiger charge is 2.60. The average Bonchev–Trinajstić information content (AvgIpc) is 3.08. The Morgan fingerprint density at radius 3 is 2.61 bits per heavy atom. The lowest BCUT2D eigenvalue weighted by molar-refractivity contribution is -0.111. The molecule has 7 atom stereocenters. The summed E-state index contributed by atoms with van der Waals surface area (Å²) in [6.07, 6.45) is 9.42. The van der Waals surface area contributed by atoms with Gasteiger partial charge in [-0.1, -0.05) is 24.2 Å². The summed E-state index contributed by atoms with van der Waals surface area (Å²) in [5.41, 5.74) is 2.76. The minimum atomic E-state index is -0.0725. The van der Waals surface area contributed by atoms with Gasteiger partial charge in [0.05, 0.1) is 6.10 Å². The van der Waals surface area contributed by atoms with Crippen molar-refractivity contribution in [1.29, 1.82) is 0 Å². The molecule has 0 spiro atoms. The molecule has 1 heterocycles. The quantitative estimate of drug-likeness (QED) is 0.797. The highest BCUT2D eigenvalue weighted by Crippen LogP contribution is 2.65. The lowest BCUT2D eigenvalue weighted by Crippen LogP contribution is -2.54. The summed E-state index contributed by atoms with van der Waals surface area (Å²) in [6.45, 7) is 4.88. The van der Waals surface area contributed by atoms with Crippen LogP contribution in [0.15, 0.2) is 4.63 Å². The zero-order valence-electron chi connectivity index (χ0n) is 14.3. The van der Waals surface area contributed by atoms with Gasteiger partial charge < -0.3 is 5.11 Å². The molecule has 4 aliphatic carbocycles. The van der Waals surface area contributed by atoms with Crippen LogP contribution >= 0.6 is 0 Å². The van der Waals surface area contributed by atoms with Crippen LogP contribution in [0.3, 0.4) is 0 Å². The topological polar surface area (TPSA) is 59.2 Å². The summed E-state index contributed by atoms with van der Waals surface area (Å²) in [7, 11) is 0. The second-order valence-electron chi connectivity index (χ2n) is 9.33. The third-order valence-electron chi connectivity index (χ3n) is 8.64. The lowest BCUT2D eigenvalue weighted by atomic mass is 9.45. The van der Waals surface area contributed by atoms with Crippen molar-refractivity contribution < 1.29 is 9.74 Å². The van der Waals surface area contributed by atoms with Gasteiger partial charge in [0.15, 0.2) is 0 Å². The Hall–Kier alpha value is -0.900. The minimum Gasteiger partial charge on any atom is -0.393 e. The van der Waals surface area contributed by atoms with Crippen molar-refractivity contribution in [2.75, 3.05) is 0 Å². The number of fused-ring (bicyclic) bond motifs is 6. The molecule has 1 N–H and O–H groups in total. The number of aliphatic hydroxyl groups excluding tert-OH is 1. The van der Waals surface area contributed by atoms with E-state index >= 15 is 0 Å². The molecule has 4 heteroatoms. The van der Waals surface area contributed by atoms with Gasteiger partial charge in [0, 0.05) is 6.42 Å². The highest BCUT2D eigenvalue weighted by molar-refractivity contribution is 5.20. The SMILES string of the molecule is CC12CCC3C(CC[C@H]4Cc5nonc5CC34C)C1CCC2O. The molecule has 3 fully saturated rings. The normalized spacial score (nSPS) is 51.5. The Kier molecular flexibility index (Phi) is 2.88. The zero-order chi connectivity index (χ0) is 15.8. The summed E-state index contributed by atoms with van der Waals surface area (Å²) in [5.74, 6) is 3.05. The smallest absolute Gasteiger partial charge is 0.108 e. The average molecular weight is 316 g/mol. The van der Waals surface area contributed by atoms with Crippen LogP contribution in [0.5, 0.6) is 0 Å². The van der Waals surface area contributed by atoms with Gasteiger partial charge in [0.2, 0.25) is 0 Å². The Morgan fingerprint density at radius 2 is 1.74 bits per heavy atom.